The molecule has 0 aliphatic heterocycles. The number of hydrogen-bond acceptors (Lipinski definition) is 2. The highest BCUT2D eigenvalue weighted by molar-refractivity contribution is 5.99. The molecule has 11 rings (SSSR count). The van der Waals surface area contributed by atoms with E-state index in [1.165, 1.54) is 89.4 Å². The normalized spacial score (nSPS) is 17.0. The van der Waals surface area contributed by atoms with Gasteiger partial charge in [-0.05, 0) is 142 Å². The first-order valence-corrected chi connectivity index (χ1v) is 20.2. The summed E-state index contributed by atoms with van der Waals surface area (Å²) in [6.45, 7) is 4.75. The first-order valence-electron chi connectivity index (χ1n) is 20.2. The van der Waals surface area contributed by atoms with E-state index < -0.39 is 0 Å². The molecule has 0 saturated heterocycles. The third kappa shape index (κ3) is 4.95. The van der Waals surface area contributed by atoms with E-state index in [-0.39, 0.29) is 10.8 Å². The first kappa shape index (κ1) is 33.0. The molecule has 0 aromatic heterocycles. The Morgan fingerprint density at radius 3 is 1.61 bits per heavy atom. The maximum Gasteiger partial charge on any atom is 0.0540 e. The Morgan fingerprint density at radius 1 is 0.393 bits per heavy atom. The fraction of sp³-hybridized carbons (Fsp3) is 0.148. The van der Waals surface area contributed by atoms with Crippen LogP contribution in [0.5, 0.6) is 0 Å². The second kappa shape index (κ2) is 12.6. The van der Waals surface area contributed by atoms with Gasteiger partial charge < -0.3 is 9.80 Å². The molecule has 0 unspecified atom stereocenters. The lowest BCUT2D eigenvalue weighted by molar-refractivity contribution is 0.507. The Hall–Kier alpha value is -6.38. The topological polar surface area (TPSA) is 6.48 Å². The number of benzene rings is 8. The highest BCUT2D eigenvalue weighted by Gasteiger charge is 2.45. The van der Waals surface area contributed by atoms with Gasteiger partial charge >= 0.3 is 0 Å². The van der Waals surface area contributed by atoms with Gasteiger partial charge in [0.1, 0.15) is 0 Å². The van der Waals surface area contributed by atoms with Crippen molar-refractivity contribution in [2.75, 3.05) is 9.80 Å². The fourth-order valence-corrected chi connectivity index (χ4v) is 10.5. The predicted octanol–water partition coefficient (Wildman–Crippen LogP) is 14.3. The highest BCUT2D eigenvalue weighted by Crippen LogP contribution is 2.56. The molecule has 0 fully saturated rings. The van der Waals surface area contributed by atoms with Crippen LogP contribution in [0.2, 0.25) is 0 Å². The largest absolute Gasteiger partial charge is 0.310 e. The summed E-state index contributed by atoms with van der Waals surface area (Å²) in [7, 11) is 0. The lowest BCUT2D eigenvalue weighted by atomic mass is 9.76. The lowest BCUT2D eigenvalue weighted by Crippen LogP contribution is -2.22. The average molecular weight is 721 g/mol. The Labute approximate surface area is 330 Å². The van der Waals surface area contributed by atoms with Crippen molar-refractivity contribution in [3.05, 3.63) is 215 Å². The van der Waals surface area contributed by atoms with Crippen molar-refractivity contribution in [1.82, 2.24) is 0 Å². The van der Waals surface area contributed by atoms with Crippen molar-refractivity contribution < 1.29 is 0 Å². The van der Waals surface area contributed by atoms with Crippen molar-refractivity contribution in [3.8, 4) is 11.1 Å². The Kier molecular flexibility index (Phi) is 7.41. The highest BCUT2D eigenvalue weighted by atomic mass is 15.1. The molecule has 3 aliphatic carbocycles. The Balaban J connectivity index is 1.05. The van der Waals surface area contributed by atoms with Crippen LogP contribution in [-0.2, 0) is 23.7 Å². The van der Waals surface area contributed by atoms with E-state index in [0.717, 1.165) is 25.7 Å². The zero-order chi connectivity index (χ0) is 37.4. The van der Waals surface area contributed by atoms with Gasteiger partial charge in [-0.25, -0.2) is 0 Å². The molecule has 2 heteroatoms. The summed E-state index contributed by atoms with van der Waals surface area (Å²) in [6, 6.07) is 67.9. The number of rotatable bonds is 6. The summed E-state index contributed by atoms with van der Waals surface area (Å²) < 4.78 is 0. The fourth-order valence-electron chi connectivity index (χ4n) is 10.5. The Morgan fingerprint density at radius 2 is 0.911 bits per heavy atom. The smallest absolute Gasteiger partial charge is 0.0540 e. The molecule has 0 heterocycles. The summed E-state index contributed by atoms with van der Waals surface area (Å²) in [5.41, 5.74) is 18.5. The van der Waals surface area contributed by atoms with Crippen LogP contribution < -0.4 is 9.80 Å². The monoisotopic (exact) mass is 720 g/mol. The second-order valence-corrected chi connectivity index (χ2v) is 16.5. The molecule has 1 spiro atoms. The molecule has 270 valence electrons. The summed E-state index contributed by atoms with van der Waals surface area (Å²) in [4.78, 5) is 4.95. The van der Waals surface area contributed by atoms with Crippen LogP contribution in [0.4, 0.5) is 34.1 Å². The van der Waals surface area contributed by atoms with Gasteiger partial charge in [0, 0.05) is 44.7 Å². The molecule has 8 aromatic rings. The number of anilines is 6. The van der Waals surface area contributed by atoms with E-state index in [1.54, 1.807) is 0 Å². The van der Waals surface area contributed by atoms with Gasteiger partial charge in [0.05, 0.1) is 5.69 Å². The molecule has 3 aliphatic rings. The van der Waals surface area contributed by atoms with Gasteiger partial charge in [0.15, 0.2) is 0 Å². The third-order valence-corrected chi connectivity index (χ3v) is 13.2. The van der Waals surface area contributed by atoms with Crippen molar-refractivity contribution in [3.63, 3.8) is 0 Å². The van der Waals surface area contributed by atoms with Crippen molar-refractivity contribution >= 4 is 44.9 Å². The summed E-state index contributed by atoms with van der Waals surface area (Å²) in [5, 5.41) is 2.50. The standard InChI is InChI=1S/C54H44N2/c1-53(2)48-22-12-11-21-46(48)47-29-28-43(36-51(47)53)55(40-16-5-3-6-17-40)42-26-24-38-30-32-54(49(38)34-42)33-31-39-25-27-44(35-50(39)54)56(41-18-7-4-8-19-41)52-23-13-15-37-14-9-10-20-45(37)52/h3-29,34-36H,30-33H2,1-2H3/t54-/m1/s1. The molecule has 56 heavy (non-hydrogen) atoms. The van der Waals surface area contributed by atoms with Gasteiger partial charge in [-0.15, -0.1) is 0 Å². The maximum absolute atomic E-state index is 2.55. The average Bonchev–Trinajstić information content (AvgIpc) is 3.88. The number of para-hydroxylation sites is 2. The molecule has 1 atom stereocenters. The van der Waals surface area contributed by atoms with Gasteiger partial charge in [0.2, 0.25) is 0 Å². The van der Waals surface area contributed by atoms with Crippen LogP contribution in [-0.4, -0.2) is 0 Å². The molecule has 0 N–H and O–H groups in total. The molecule has 0 amide bonds. The molecule has 0 bridgehead atoms. The van der Waals surface area contributed by atoms with E-state index >= 15 is 0 Å². The van der Waals surface area contributed by atoms with E-state index in [9.17, 15) is 0 Å². The van der Waals surface area contributed by atoms with Crippen LogP contribution in [0.1, 0.15) is 60.1 Å². The maximum atomic E-state index is 2.55. The number of fused-ring (bicyclic) bond motifs is 8. The molecular weight excluding hydrogens is 677 g/mol. The van der Waals surface area contributed by atoms with E-state index in [4.69, 9.17) is 0 Å². The van der Waals surface area contributed by atoms with Gasteiger partial charge in [-0.1, -0.05) is 129 Å². The van der Waals surface area contributed by atoms with Crippen molar-refractivity contribution in [2.45, 2.75) is 50.4 Å². The van der Waals surface area contributed by atoms with E-state index in [2.05, 4.69) is 206 Å². The quantitative estimate of drug-likeness (QED) is 0.169. The van der Waals surface area contributed by atoms with Crippen LogP contribution in [0, 0.1) is 0 Å². The SMILES string of the molecule is CC1(C)c2ccccc2-c2ccc(N(c3ccccc3)c3ccc4c(c3)[C@@]3(CC4)CCc4ccc(N(c5ccccc5)c5cccc6ccccc56)cc43)cc21. The van der Waals surface area contributed by atoms with Gasteiger partial charge in [-0.3, -0.25) is 0 Å². The molecular formula is C54H44N2. The zero-order valence-electron chi connectivity index (χ0n) is 32.0. The zero-order valence-corrected chi connectivity index (χ0v) is 32.0. The minimum absolute atomic E-state index is 0.0261. The lowest BCUT2D eigenvalue weighted by Gasteiger charge is -2.32. The summed E-state index contributed by atoms with van der Waals surface area (Å²) >= 11 is 0. The van der Waals surface area contributed by atoms with Gasteiger partial charge in [-0.2, -0.15) is 0 Å². The second-order valence-electron chi connectivity index (χ2n) is 16.5. The van der Waals surface area contributed by atoms with Crippen molar-refractivity contribution in [1.29, 1.82) is 0 Å². The minimum atomic E-state index is -0.0722. The molecule has 0 saturated carbocycles. The van der Waals surface area contributed by atoms with Crippen LogP contribution in [0.25, 0.3) is 21.9 Å². The van der Waals surface area contributed by atoms with Crippen LogP contribution in [0.15, 0.2) is 182 Å². The molecule has 0 radical (unpaired) electrons. The first-order chi connectivity index (χ1) is 27.5. The van der Waals surface area contributed by atoms with E-state index in [1.807, 2.05) is 0 Å². The molecule has 8 aromatic carbocycles. The third-order valence-electron chi connectivity index (χ3n) is 13.2. The number of nitrogens with zero attached hydrogens (tertiary/aromatic N) is 2. The van der Waals surface area contributed by atoms with E-state index in [0.29, 0.717) is 0 Å². The van der Waals surface area contributed by atoms with Crippen LogP contribution in [0.3, 0.4) is 0 Å². The van der Waals surface area contributed by atoms with Crippen LogP contribution >= 0.6 is 0 Å². The number of aryl methyl sites for hydroxylation is 2. The van der Waals surface area contributed by atoms with Gasteiger partial charge in [0.25, 0.3) is 0 Å². The minimum Gasteiger partial charge on any atom is -0.310 e. The molecule has 2 nitrogen and oxygen atoms in total. The van der Waals surface area contributed by atoms with Crippen molar-refractivity contribution in [2.24, 2.45) is 0 Å². The predicted molar refractivity (Wildman–Crippen MR) is 235 cm³/mol. The number of hydrogen-bond donors (Lipinski definition) is 0. The Bertz CT molecular complexity index is 2790. The summed E-state index contributed by atoms with van der Waals surface area (Å²) in [5.74, 6) is 0. The summed E-state index contributed by atoms with van der Waals surface area (Å²) in [6.07, 6.45) is 4.47.